The van der Waals surface area contributed by atoms with Crippen molar-refractivity contribution in [2.75, 3.05) is 16.8 Å². The van der Waals surface area contributed by atoms with Crippen LogP contribution in [0.15, 0.2) is 41.1 Å². The number of anilines is 2. The van der Waals surface area contributed by atoms with Gasteiger partial charge in [-0.1, -0.05) is 17.3 Å². The maximum atomic E-state index is 12.7. The van der Waals surface area contributed by atoms with Gasteiger partial charge in [0.2, 0.25) is 17.7 Å². The summed E-state index contributed by atoms with van der Waals surface area (Å²) >= 11 is 0. The summed E-state index contributed by atoms with van der Waals surface area (Å²) in [5, 5.41) is 16.7. The van der Waals surface area contributed by atoms with Crippen LogP contribution >= 0.6 is 0 Å². The standard InChI is InChI=1S/C20H19F3N6O4/c1-10(17-27-16(28-33-17)12-3-5-13(6-4-12)20(21,22)23)25-18-24-8-7-15(26-18)29-14(11(2)30)9-32-19(29)31/h3-8,10-11,14,30H,9H2,1-2H3,(H,24,25,26)/t10-,11-,14-/m1/s1. The molecule has 174 valence electrons. The molecule has 10 nitrogen and oxygen atoms in total. The van der Waals surface area contributed by atoms with Gasteiger partial charge in [0.1, 0.15) is 24.5 Å². The molecule has 4 rings (SSSR count). The first-order valence-electron chi connectivity index (χ1n) is 9.88. The Morgan fingerprint density at radius 1 is 1.18 bits per heavy atom. The fourth-order valence-electron chi connectivity index (χ4n) is 3.20. The van der Waals surface area contributed by atoms with E-state index < -0.39 is 36.0 Å². The smallest absolute Gasteiger partial charge is 0.416 e. The highest BCUT2D eigenvalue weighted by Gasteiger charge is 2.38. The lowest BCUT2D eigenvalue weighted by molar-refractivity contribution is -0.137. The van der Waals surface area contributed by atoms with Crippen LogP contribution in [-0.2, 0) is 10.9 Å². The van der Waals surface area contributed by atoms with E-state index in [1.807, 2.05) is 0 Å². The Morgan fingerprint density at radius 3 is 2.58 bits per heavy atom. The Morgan fingerprint density at radius 2 is 1.91 bits per heavy atom. The summed E-state index contributed by atoms with van der Waals surface area (Å²) in [6.45, 7) is 3.28. The third-order valence-electron chi connectivity index (χ3n) is 4.98. The fourth-order valence-corrected chi connectivity index (χ4v) is 3.20. The third kappa shape index (κ3) is 4.72. The van der Waals surface area contributed by atoms with Crippen molar-refractivity contribution in [1.29, 1.82) is 0 Å². The predicted molar refractivity (Wildman–Crippen MR) is 108 cm³/mol. The molecule has 13 heteroatoms. The molecule has 1 aliphatic heterocycles. The average Bonchev–Trinajstić information content (AvgIpc) is 3.41. The van der Waals surface area contributed by atoms with Gasteiger partial charge in [-0.2, -0.15) is 23.1 Å². The molecule has 0 spiro atoms. The summed E-state index contributed by atoms with van der Waals surface area (Å²) < 4.78 is 48.4. The van der Waals surface area contributed by atoms with Gasteiger partial charge in [-0.25, -0.2) is 9.78 Å². The van der Waals surface area contributed by atoms with Gasteiger partial charge in [0.25, 0.3) is 0 Å². The van der Waals surface area contributed by atoms with E-state index in [-0.39, 0.29) is 30.1 Å². The van der Waals surface area contributed by atoms with Gasteiger partial charge in [-0.15, -0.1) is 0 Å². The summed E-state index contributed by atoms with van der Waals surface area (Å²) in [4.78, 5) is 25.9. The van der Waals surface area contributed by atoms with Crippen LogP contribution < -0.4 is 10.2 Å². The number of benzene rings is 1. The topological polar surface area (TPSA) is 127 Å². The summed E-state index contributed by atoms with van der Waals surface area (Å²) in [5.41, 5.74) is -0.415. The van der Waals surface area contributed by atoms with Crippen LogP contribution in [0.3, 0.4) is 0 Å². The van der Waals surface area contributed by atoms with Gasteiger partial charge in [0.05, 0.1) is 11.7 Å². The van der Waals surface area contributed by atoms with Gasteiger partial charge in [-0.3, -0.25) is 4.90 Å². The predicted octanol–water partition coefficient (Wildman–Crippen LogP) is 3.42. The van der Waals surface area contributed by atoms with Gasteiger partial charge in [-0.05, 0) is 32.0 Å². The van der Waals surface area contributed by atoms with Gasteiger partial charge in [0.15, 0.2) is 0 Å². The second kappa shape index (κ2) is 8.65. The Hall–Kier alpha value is -3.74. The molecule has 2 N–H and O–H groups in total. The SMILES string of the molecule is C[C@@H](Nc1nccc(N2C(=O)OC[C@@H]2[C@@H](C)O)n1)c1nc(-c2ccc(C(F)(F)F)cc2)no1. The Kier molecular flexibility index (Phi) is 5.89. The maximum absolute atomic E-state index is 12.7. The summed E-state index contributed by atoms with van der Waals surface area (Å²) in [5.74, 6) is 0.672. The Bertz CT molecular complexity index is 1140. The van der Waals surface area contributed by atoms with E-state index in [4.69, 9.17) is 9.26 Å². The summed E-state index contributed by atoms with van der Waals surface area (Å²) in [6, 6.07) is 4.76. The van der Waals surface area contributed by atoms with Crippen molar-refractivity contribution in [1.82, 2.24) is 20.1 Å². The largest absolute Gasteiger partial charge is 0.447 e. The fraction of sp³-hybridized carbons (Fsp3) is 0.350. The highest BCUT2D eigenvalue weighted by molar-refractivity contribution is 5.89. The Balaban J connectivity index is 1.48. The number of nitrogens with one attached hydrogen (secondary N) is 1. The second-order valence-electron chi connectivity index (χ2n) is 7.39. The average molecular weight is 464 g/mol. The quantitative estimate of drug-likeness (QED) is 0.564. The summed E-state index contributed by atoms with van der Waals surface area (Å²) in [7, 11) is 0. The number of hydrogen-bond donors (Lipinski definition) is 2. The molecule has 3 atom stereocenters. The number of aliphatic hydroxyl groups is 1. The van der Waals surface area contributed by atoms with Crippen LogP contribution in [0.4, 0.5) is 29.7 Å². The molecule has 0 bridgehead atoms. The normalized spacial score (nSPS) is 18.2. The van der Waals surface area contributed by atoms with Crippen molar-refractivity contribution in [2.24, 2.45) is 0 Å². The first kappa shape index (κ1) is 22.5. The van der Waals surface area contributed by atoms with Gasteiger partial charge >= 0.3 is 12.3 Å². The number of hydrogen-bond acceptors (Lipinski definition) is 9. The number of alkyl halides is 3. The highest BCUT2D eigenvalue weighted by atomic mass is 19.4. The number of carbonyl (C=O) groups is 1. The molecule has 3 heterocycles. The van der Waals surface area contributed by atoms with Crippen LogP contribution in [0.2, 0.25) is 0 Å². The number of halogens is 3. The lowest BCUT2D eigenvalue weighted by Gasteiger charge is -2.22. The molecule has 0 unspecified atom stereocenters. The molecule has 1 aliphatic rings. The van der Waals surface area contributed by atoms with E-state index in [1.54, 1.807) is 13.8 Å². The van der Waals surface area contributed by atoms with E-state index >= 15 is 0 Å². The van der Waals surface area contributed by atoms with Gasteiger partial charge < -0.3 is 19.7 Å². The first-order chi connectivity index (χ1) is 15.6. The third-order valence-corrected chi connectivity index (χ3v) is 4.98. The molecule has 0 radical (unpaired) electrons. The number of aliphatic hydroxyl groups excluding tert-OH is 1. The first-order valence-corrected chi connectivity index (χ1v) is 9.88. The number of carbonyl (C=O) groups excluding carboxylic acids is 1. The van der Waals surface area contributed by atoms with Crippen molar-refractivity contribution in [3.05, 3.63) is 48.0 Å². The number of amides is 1. The number of ether oxygens (including phenoxy) is 1. The zero-order chi connectivity index (χ0) is 23.8. The lowest BCUT2D eigenvalue weighted by atomic mass is 10.1. The van der Waals surface area contributed by atoms with Crippen LogP contribution in [0.5, 0.6) is 0 Å². The zero-order valence-electron chi connectivity index (χ0n) is 17.4. The van der Waals surface area contributed by atoms with Crippen LogP contribution in [0, 0.1) is 0 Å². The van der Waals surface area contributed by atoms with Crippen LogP contribution in [0.25, 0.3) is 11.4 Å². The zero-order valence-corrected chi connectivity index (χ0v) is 17.4. The summed E-state index contributed by atoms with van der Waals surface area (Å²) in [6.07, 6.45) is -4.46. The molecule has 0 saturated carbocycles. The van der Waals surface area contributed by atoms with Crippen LogP contribution in [-0.4, -0.2) is 50.1 Å². The van der Waals surface area contributed by atoms with E-state index in [9.17, 15) is 23.1 Å². The number of rotatable bonds is 6. The molecule has 1 saturated heterocycles. The molecule has 3 aromatic rings. The Labute approximate surface area is 185 Å². The van der Waals surface area contributed by atoms with E-state index in [0.29, 0.717) is 5.56 Å². The molecule has 2 aromatic heterocycles. The molecule has 33 heavy (non-hydrogen) atoms. The molecule has 0 aliphatic carbocycles. The van der Waals surface area contributed by atoms with Crippen molar-refractivity contribution >= 4 is 17.9 Å². The maximum Gasteiger partial charge on any atom is 0.416 e. The van der Waals surface area contributed by atoms with Crippen LogP contribution in [0.1, 0.15) is 31.3 Å². The minimum absolute atomic E-state index is 0.0361. The number of aromatic nitrogens is 4. The molecule has 1 aromatic carbocycles. The molecular formula is C20H19F3N6O4. The molecule has 1 fully saturated rings. The van der Waals surface area contributed by atoms with E-state index in [0.717, 1.165) is 12.1 Å². The second-order valence-corrected chi connectivity index (χ2v) is 7.39. The molecule has 1 amide bonds. The monoisotopic (exact) mass is 464 g/mol. The van der Waals surface area contributed by atoms with E-state index in [2.05, 4.69) is 25.4 Å². The van der Waals surface area contributed by atoms with E-state index in [1.165, 1.54) is 29.3 Å². The number of nitrogens with zero attached hydrogens (tertiary/aromatic N) is 5. The van der Waals surface area contributed by atoms with Crippen molar-refractivity contribution in [2.45, 2.75) is 38.2 Å². The minimum Gasteiger partial charge on any atom is -0.447 e. The highest BCUT2D eigenvalue weighted by Crippen LogP contribution is 2.31. The van der Waals surface area contributed by atoms with Gasteiger partial charge in [0, 0.05) is 11.8 Å². The van der Waals surface area contributed by atoms with Crippen molar-refractivity contribution < 1.29 is 32.3 Å². The van der Waals surface area contributed by atoms with Crippen molar-refractivity contribution in [3.63, 3.8) is 0 Å². The lowest BCUT2D eigenvalue weighted by Crippen LogP contribution is -2.41. The number of cyclic esters (lactones) is 1. The molecular weight excluding hydrogens is 445 g/mol. The minimum atomic E-state index is -4.44. The van der Waals surface area contributed by atoms with Crippen molar-refractivity contribution in [3.8, 4) is 11.4 Å².